The highest BCUT2D eigenvalue weighted by molar-refractivity contribution is 5.91. The Kier molecular flexibility index (Phi) is 2.99. The molecular weight excluding hydrogens is 257 g/mol. The lowest BCUT2D eigenvalue weighted by atomic mass is 10.2. The maximum atomic E-state index is 14.0. The molecule has 0 aliphatic rings. The van der Waals surface area contributed by atoms with Gasteiger partial charge < -0.3 is 9.30 Å². The van der Waals surface area contributed by atoms with Crippen LogP contribution >= 0.6 is 0 Å². The maximum Gasteiger partial charge on any atom is 0.166 e. The van der Waals surface area contributed by atoms with E-state index in [2.05, 4.69) is 0 Å². The highest BCUT2D eigenvalue weighted by atomic mass is 19.1. The molecule has 0 spiro atoms. The standard InChI is InChI=1S/C16H12FNO2/c1-20-13-6-7-15-11(9-13)8-12(10-19)18(15)16-5-3-2-4-14(16)17/h2-10H,1H3. The molecule has 0 bridgehead atoms. The van der Waals surface area contributed by atoms with E-state index in [1.165, 1.54) is 6.07 Å². The van der Waals surface area contributed by atoms with Gasteiger partial charge >= 0.3 is 0 Å². The molecule has 0 radical (unpaired) electrons. The smallest absolute Gasteiger partial charge is 0.166 e. The van der Waals surface area contributed by atoms with Crippen LogP contribution in [0, 0.1) is 5.82 Å². The van der Waals surface area contributed by atoms with Crippen molar-refractivity contribution >= 4 is 17.2 Å². The number of aldehydes is 1. The van der Waals surface area contributed by atoms with Gasteiger partial charge in [0.15, 0.2) is 6.29 Å². The predicted molar refractivity (Wildman–Crippen MR) is 75.2 cm³/mol. The molecule has 0 saturated heterocycles. The van der Waals surface area contributed by atoms with Crippen molar-refractivity contribution in [3.05, 3.63) is 60.0 Å². The first-order chi connectivity index (χ1) is 9.74. The third-order valence-corrected chi connectivity index (χ3v) is 3.25. The molecule has 4 heteroatoms. The zero-order chi connectivity index (χ0) is 14.1. The minimum Gasteiger partial charge on any atom is -0.497 e. The van der Waals surface area contributed by atoms with Crippen molar-refractivity contribution in [2.24, 2.45) is 0 Å². The second-order valence-electron chi connectivity index (χ2n) is 4.40. The quantitative estimate of drug-likeness (QED) is 0.680. The van der Waals surface area contributed by atoms with E-state index in [1.807, 2.05) is 12.1 Å². The Labute approximate surface area is 115 Å². The zero-order valence-corrected chi connectivity index (χ0v) is 10.8. The van der Waals surface area contributed by atoms with Crippen LogP contribution in [0.15, 0.2) is 48.5 Å². The van der Waals surface area contributed by atoms with Gasteiger partial charge in [-0.15, -0.1) is 0 Å². The summed E-state index contributed by atoms with van der Waals surface area (Å²) in [5, 5.41) is 0.828. The van der Waals surface area contributed by atoms with E-state index in [0.717, 1.165) is 17.2 Å². The molecule has 3 aromatic rings. The minimum atomic E-state index is -0.371. The third-order valence-electron chi connectivity index (χ3n) is 3.25. The fourth-order valence-corrected chi connectivity index (χ4v) is 2.33. The summed E-state index contributed by atoms with van der Waals surface area (Å²) in [4.78, 5) is 11.3. The number of aromatic nitrogens is 1. The molecule has 1 heterocycles. The van der Waals surface area contributed by atoms with Crippen molar-refractivity contribution in [2.75, 3.05) is 7.11 Å². The van der Waals surface area contributed by atoms with Crippen LogP contribution < -0.4 is 4.74 Å². The van der Waals surface area contributed by atoms with Crippen LogP contribution in [-0.2, 0) is 0 Å². The molecule has 1 aromatic heterocycles. The number of nitrogens with zero attached hydrogens (tertiary/aromatic N) is 1. The van der Waals surface area contributed by atoms with Gasteiger partial charge in [0.05, 0.1) is 24.0 Å². The molecule has 0 aliphatic heterocycles. The fraction of sp³-hybridized carbons (Fsp3) is 0.0625. The van der Waals surface area contributed by atoms with E-state index in [0.29, 0.717) is 17.1 Å². The summed E-state index contributed by atoms with van der Waals surface area (Å²) < 4.78 is 20.8. The Morgan fingerprint density at radius 2 is 1.95 bits per heavy atom. The number of carbonyl (C=O) groups excluding carboxylic acids is 1. The van der Waals surface area contributed by atoms with Crippen molar-refractivity contribution in [1.82, 2.24) is 4.57 Å². The van der Waals surface area contributed by atoms with Gasteiger partial charge in [-0.25, -0.2) is 4.39 Å². The largest absolute Gasteiger partial charge is 0.497 e. The number of hydrogen-bond donors (Lipinski definition) is 0. The fourth-order valence-electron chi connectivity index (χ4n) is 2.33. The van der Waals surface area contributed by atoms with Crippen molar-refractivity contribution < 1.29 is 13.9 Å². The Hall–Kier alpha value is -2.62. The number of ether oxygens (including phenoxy) is 1. The summed E-state index contributed by atoms with van der Waals surface area (Å²) in [7, 11) is 1.58. The van der Waals surface area contributed by atoms with E-state index in [-0.39, 0.29) is 5.82 Å². The average molecular weight is 269 g/mol. The second kappa shape index (κ2) is 4.81. The van der Waals surface area contributed by atoms with Crippen LogP contribution in [-0.4, -0.2) is 18.0 Å². The minimum absolute atomic E-state index is 0.356. The number of carbonyl (C=O) groups is 1. The third kappa shape index (κ3) is 1.86. The van der Waals surface area contributed by atoms with Gasteiger partial charge in [0, 0.05) is 5.39 Å². The van der Waals surface area contributed by atoms with E-state index in [1.54, 1.807) is 42.0 Å². The lowest BCUT2D eigenvalue weighted by Crippen LogP contribution is -2.01. The van der Waals surface area contributed by atoms with Crippen molar-refractivity contribution in [2.45, 2.75) is 0 Å². The molecule has 0 fully saturated rings. The molecule has 3 rings (SSSR count). The van der Waals surface area contributed by atoms with Gasteiger partial charge in [-0.1, -0.05) is 12.1 Å². The summed E-state index contributed by atoms with van der Waals surface area (Å²) in [5.74, 6) is 0.324. The monoisotopic (exact) mass is 269 g/mol. The summed E-state index contributed by atoms with van der Waals surface area (Å²) in [6.45, 7) is 0. The van der Waals surface area contributed by atoms with E-state index in [4.69, 9.17) is 4.74 Å². The number of benzene rings is 2. The second-order valence-corrected chi connectivity index (χ2v) is 4.40. The summed E-state index contributed by atoms with van der Waals surface area (Å²) in [6, 6.07) is 13.5. The molecule has 0 saturated carbocycles. The molecule has 0 atom stereocenters. The number of para-hydroxylation sites is 1. The van der Waals surface area contributed by atoms with Gasteiger partial charge in [-0.05, 0) is 36.4 Å². The van der Waals surface area contributed by atoms with Gasteiger partial charge in [-0.2, -0.15) is 0 Å². The first-order valence-electron chi connectivity index (χ1n) is 6.14. The van der Waals surface area contributed by atoms with Crippen LogP contribution in [0.2, 0.25) is 0 Å². The first kappa shape index (κ1) is 12.4. The first-order valence-corrected chi connectivity index (χ1v) is 6.14. The molecular formula is C16H12FNO2. The molecule has 20 heavy (non-hydrogen) atoms. The Balaban J connectivity index is 2.34. The Morgan fingerprint density at radius 1 is 1.15 bits per heavy atom. The van der Waals surface area contributed by atoms with Crippen LogP contribution in [0.3, 0.4) is 0 Å². The molecule has 0 aliphatic carbocycles. The lowest BCUT2D eigenvalue weighted by Gasteiger charge is -2.09. The Morgan fingerprint density at radius 3 is 2.65 bits per heavy atom. The maximum absolute atomic E-state index is 14.0. The van der Waals surface area contributed by atoms with Gasteiger partial charge in [0.2, 0.25) is 0 Å². The number of halogens is 1. The molecule has 3 nitrogen and oxygen atoms in total. The number of hydrogen-bond acceptors (Lipinski definition) is 2. The van der Waals surface area contributed by atoms with E-state index in [9.17, 15) is 9.18 Å². The summed E-state index contributed by atoms with van der Waals surface area (Å²) >= 11 is 0. The highest BCUT2D eigenvalue weighted by Gasteiger charge is 2.13. The predicted octanol–water partition coefficient (Wildman–Crippen LogP) is 3.59. The van der Waals surface area contributed by atoms with Crippen LogP contribution in [0.25, 0.3) is 16.6 Å². The van der Waals surface area contributed by atoms with Crippen LogP contribution in [0.1, 0.15) is 10.5 Å². The van der Waals surface area contributed by atoms with Gasteiger partial charge in [-0.3, -0.25) is 4.79 Å². The van der Waals surface area contributed by atoms with E-state index < -0.39 is 0 Å². The SMILES string of the molecule is COc1ccc2c(c1)cc(C=O)n2-c1ccccc1F. The van der Waals surface area contributed by atoms with Crippen LogP contribution in [0.4, 0.5) is 4.39 Å². The number of fused-ring (bicyclic) bond motifs is 1. The van der Waals surface area contributed by atoms with Crippen LogP contribution in [0.5, 0.6) is 5.75 Å². The van der Waals surface area contributed by atoms with Gasteiger partial charge in [0.1, 0.15) is 11.6 Å². The van der Waals surface area contributed by atoms with E-state index >= 15 is 0 Å². The van der Waals surface area contributed by atoms with Crippen molar-refractivity contribution in [3.63, 3.8) is 0 Å². The van der Waals surface area contributed by atoms with Gasteiger partial charge in [0.25, 0.3) is 0 Å². The van der Waals surface area contributed by atoms with Crippen molar-refractivity contribution in [1.29, 1.82) is 0 Å². The normalized spacial score (nSPS) is 10.7. The summed E-state index contributed by atoms with van der Waals surface area (Å²) in [6.07, 6.45) is 0.721. The van der Waals surface area contributed by atoms with Crippen molar-refractivity contribution in [3.8, 4) is 11.4 Å². The average Bonchev–Trinajstić information content (AvgIpc) is 2.85. The zero-order valence-electron chi connectivity index (χ0n) is 10.8. The molecule has 2 aromatic carbocycles. The number of rotatable bonds is 3. The molecule has 0 unspecified atom stereocenters. The highest BCUT2D eigenvalue weighted by Crippen LogP contribution is 2.28. The summed E-state index contributed by atoms with van der Waals surface area (Å²) in [5.41, 5.74) is 1.52. The molecule has 0 N–H and O–H groups in total. The Bertz CT molecular complexity index is 792. The topological polar surface area (TPSA) is 31.2 Å². The number of methoxy groups -OCH3 is 1. The molecule has 0 amide bonds. The lowest BCUT2D eigenvalue weighted by molar-refractivity contribution is 0.111. The molecule has 100 valence electrons.